The number of ether oxygens (including phenoxy) is 1. The normalized spacial score (nSPS) is 13.1. The first-order valence-corrected chi connectivity index (χ1v) is 10.6. The largest absolute Gasteiger partial charge is 0.490 e. The fourth-order valence-corrected chi connectivity index (χ4v) is 4.25. The molecule has 31 heavy (non-hydrogen) atoms. The van der Waals surface area contributed by atoms with Gasteiger partial charge in [0.05, 0.1) is 12.2 Å². The molecule has 0 saturated heterocycles. The van der Waals surface area contributed by atoms with E-state index in [1.807, 2.05) is 61.5 Å². The molecule has 0 bridgehead atoms. The van der Waals surface area contributed by atoms with E-state index in [0.29, 0.717) is 35.3 Å². The van der Waals surface area contributed by atoms with E-state index in [9.17, 15) is 9.59 Å². The summed E-state index contributed by atoms with van der Waals surface area (Å²) in [5.41, 5.74) is 1.69. The topological polar surface area (TPSA) is 81.7 Å². The third-order valence-electron chi connectivity index (χ3n) is 4.95. The Morgan fingerprint density at radius 3 is 2.77 bits per heavy atom. The molecule has 2 aromatic heterocycles. The van der Waals surface area contributed by atoms with Crippen LogP contribution in [0.4, 0.5) is 5.69 Å². The number of carbonyl (C=O) groups is 1. The molecule has 1 amide bonds. The minimum atomic E-state index is -0.448. The Hall–Kier alpha value is -3.59. The second kappa shape index (κ2) is 7.92. The van der Waals surface area contributed by atoms with E-state index < -0.39 is 5.69 Å². The van der Waals surface area contributed by atoms with Crippen LogP contribution >= 0.6 is 11.8 Å². The number of fused-ring (bicyclic) bond motifs is 2. The molecule has 0 saturated carbocycles. The van der Waals surface area contributed by atoms with Crippen molar-refractivity contribution in [3.63, 3.8) is 0 Å². The SMILES string of the molecule is Cc1ccc2c(c1)N(C(=O)Cn1nc3ccc(Sc4ccccc4)nn3c1=O)CCO2. The lowest BCUT2D eigenvalue weighted by Crippen LogP contribution is -2.41. The van der Waals surface area contributed by atoms with Crippen molar-refractivity contribution in [3.8, 4) is 5.75 Å². The lowest BCUT2D eigenvalue weighted by atomic mass is 10.1. The number of amides is 1. The summed E-state index contributed by atoms with van der Waals surface area (Å²) in [6.45, 7) is 2.62. The van der Waals surface area contributed by atoms with Crippen molar-refractivity contribution in [1.82, 2.24) is 19.4 Å². The van der Waals surface area contributed by atoms with Gasteiger partial charge in [0.25, 0.3) is 0 Å². The number of hydrogen-bond acceptors (Lipinski definition) is 6. The zero-order valence-electron chi connectivity index (χ0n) is 16.8. The summed E-state index contributed by atoms with van der Waals surface area (Å²) in [5.74, 6) is 0.441. The quantitative estimate of drug-likeness (QED) is 0.492. The van der Waals surface area contributed by atoms with Gasteiger partial charge < -0.3 is 9.64 Å². The summed E-state index contributed by atoms with van der Waals surface area (Å²) < 4.78 is 8.04. The number of aryl methyl sites for hydroxylation is 1. The first kappa shape index (κ1) is 19.4. The van der Waals surface area contributed by atoms with Crippen LogP contribution in [0.2, 0.25) is 0 Å². The fourth-order valence-electron chi connectivity index (χ4n) is 3.46. The van der Waals surface area contributed by atoms with Gasteiger partial charge in [-0.05, 0) is 48.9 Å². The molecule has 1 aliphatic heterocycles. The predicted molar refractivity (Wildman–Crippen MR) is 117 cm³/mol. The number of aromatic nitrogens is 4. The van der Waals surface area contributed by atoms with Crippen LogP contribution in [0.5, 0.6) is 5.75 Å². The maximum atomic E-state index is 13.0. The number of hydrogen-bond donors (Lipinski definition) is 0. The fraction of sp³-hybridized carbons (Fsp3) is 0.182. The lowest BCUT2D eigenvalue weighted by Gasteiger charge is -2.29. The molecule has 0 radical (unpaired) electrons. The molecule has 0 spiro atoms. The zero-order valence-corrected chi connectivity index (χ0v) is 17.6. The van der Waals surface area contributed by atoms with Gasteiger partial charge in [-0.1, -0.05) is 36.0 Å². The van der Waals surface area contributed by atoms with Gasteiger partial charge in [0.15, 0.2) is 5.65 Å². The Balaban J connectivity index is 1.41. The van der Waals surface area contributed by atoms with Gasteiger partial charge in [-0.2, -0.15) is 9.61 Å². The maximum absolute atomic E-state index is 13.0. The molecule has 156 valence electrons. The van der Waals surface area contributed by atoms with Crippen LogP contribution in [-0.2, 0) is 11.3 Å². The van der Waals surface area contributed by atoms with E-state index >= 15 is 0 Å². The van der Waals surface area contributed by atoms with E-state index in [0.717, 1.165) is 15.1 Å². The van der Waals surface area contributed by atoms with E-state index in [1.165, 1.54) is 16.3 Å². The molecule has 2 aromatic carbocycles. The molecule has 9 heteroatoms. The first-order chi connectivity index (χ1) is 15.1. The highest BCUT2D eigenvalue weighted by atomic mass is 32.2. The minimum Gasteiger partial charge on any atom is -0.490 e. The van der Waals surface area contributed by atoms with Crippen LogP contribution in [0.15, 0.2) is 75.4 Å². The minimum absolute atomic E-state index is 0.170. The molecule has 3 heterocycles. The average molecular weight is 433 g/mol. The summed E-state index contributed by atoms with van der Waals surface area (Å²) in [6, 6.07) is 19.0. The molecule has 0 unspecified atom stereocenters. The second-order valence-corrected chi connectivity index (χ2v) is 8.26. The molecule has 1 aliphatic rings. The molecule has 4 aromatic rings. The third kappa shape index (κ3) is 3.79. The predicted octanol–water partition coefficient (Wildman–Crippen LogP) is 2.78. The van der Waals surface area contributed by atoms with Crippen molar-refractivity contribution in [2.45, 2.75) is 23.4 Å². The molecule has 0 N–H and O–H groups in total. The zero-order chi connectivity index (χ0) is 21.4. The van der Waals surface area contributed by atoms with Crippen molar-refractivity contribution in [1.29, 1.82) is 0 Å². The van der Waals surface area contributed by atoms with Gasteiger partial charge in [-0.25, -0.2) is 9.48 Å². The van der Waals surface area contributed by atoms with Gasteiger partial charge in [0.1, 0.15) is 23.9 Å². The molecule has 8 nitrogen and oxygen atoms in total. The summed E-state index contributed by atoms with van der Waals surface area (Å²) in [4.78, 5) is 28.5. The van der Waals surface area contributed by atoms with Crippen LogP contribution in [0.3, 0.4) is 0 Å². The van der Waals surface area contributed by atoms with Crippen LogP contribution < -0.4 is 15.3 Å². The number of rotatable bonds is 4. The van der Waals surface area contributed by atoms with E-state index in [2.05, 4.69) is 10.2 Å². The number of benzene rings is 2. The van der Waals surface area contributed by atoms with Crippen LogP contribution in [0.1, 0.15) is 5.56 Å². The van der Waals surface area contributed by atoms with Crippen molar-refractivity contribution in [2.24, 2.45) is 0 Å². The van der Waals surface area contributed by atoms with Gasteiger partial charge >= 0.3 is 5.69 Å². The van der Waals surface area contributed by atoms with Crippen molar-refractivity contribution in [2.75, 3.05) is 18.1 Å². The summed E-state index contributed by atoms with van der Waals surface area (Å²) in [6.07, 6.45) is 0. The highest BCUT2D eigenvalue weighted by Crippen LogP contribution is 2.32. The Labute approximate surface area is 182 Å². The molecular weight excluding hydrogens is 414 g/mol. The molecule has 0 aliphatic carbocycles. The van der Waals surface area contributed by atoms with Gasteiger partial charge in [-0.3, -0.25) is 4.79 Å². The summed E-state index contributed by atoms with van der Waals surface area (Å²) in [7, 11) is 0. The van der Waals surface area contributed by atoms with Crippen molar-refractivity contribution < 1.29 is 9.53 Å². The average Bonchev–Trinajstić information content (AvgIpc) is 3.09. The van der Waals surface area contributed by atoms with Crippen LogP contribution in [0.25, 0.3) is 5.65 Å². The highest BCUT2D eigenvalue weighted by Gasteiger charge is 2.25. The second-order valence-electron chi connectivity index (χ2n) is 7.16. The van der Waals surface area contributed by atoms with E-state index in [-0.39, 0.29) is 12.5 Å². The number of carbonyl (C=O) groups excluding carboxylic acids is 1. The summed E-state index contributed by atoms with van der Waals surface area (Å²) >= 11 is 1.45. The smallest absolute Gasteiger partial charge is 0.367 e. The lowest BCUT2D eigenvalue weighted by molar-refractivity contribution is -0.119. The molecule has 5 rings (SSSR count). The van der Waals surface area contributed by atoms with E-state index in [4.69, 9.17) is 4.74 Å². The van der Waals surface area contributed by atoms with Crippen LogP contribution in [0, 0.1) is 6.92 Å². The van der Waals surface area contributed by atoms with Gasteiger partial charge in [-0.15, -0.1) is 5.10 Å². The van der Waals surface area contributed by atoms with Gasteiger partial charge in [0, 0.05) is 4.90 Å². The summed E-state index contributed by atoms with van der Waals surface area (Å²) in [5, 5.41) is 9.35. The Kier molecular flexibility index (Phi) is 4.95. The third-order valence-corrected chi connectivity index (χ3v) is 5.88. The highest BCUT2D eigenvalue weighted by molar-refractivity contribution is 7.99. The molecule has 0 atom stereocenters. The van der Waals surface area contributed by atoms with Crippen molar-refractivity contribution in [3.05, 3.63) is 76.7 Å². The Morgan fingerprint density at radius 2 is 1.94 bits per heavy atom. The standard InChI is InChI=1S/C22H19N5O3S/c1-15-7-8-18-17(13-15)25(11-12-30-18)21(28)14-26-22(29)27-19(23-26)9-10-20(24-27)31-16-5-3-2-4-6-16/h2-10,13H,11-12,14H2,1H3. The first-order valence-electron chi connectivity index (χ1n) is 9.82. The number of nitrogens with zero attached hydrogens (tertiary/aromatic N) is 5. The Bertz CT molecular complexity index is 1330. The monoisotopic (exact) mass is 433 g/mol. The Morgan fingerprint density at radius 1 is 1.10 bits per heavy atom. The van der Waals surface area contributed by atoms with E-state index in [1.54, 1.807) is 11.0 Å². The molecule has 0 fully saturated rings. The maximum Gasteiger partial charge on any atom is 0.367 e. The van der Waals surface area contributed by atoms with Crippen molar-refractivity contribution >= 4 is 29.0 Å². The number of anilines is 1. The van der Waals surface area contributed by atoms with Crippen LogP contribution in [-0.4, -0.2) is 38.5 Å². The van der Waals surface area contributed by atoms with Gasteiger partial charge in [0.2, 0.25) is 5.91 Å². The molecular formula is C22H19N5O3S.